The molecule has 0 aromatic heterocycles. The molecule has 17 heavy (non-hydrogen) atoms. The van der Waals surface area contributed by atoms with Gasteiger partial charge in [0, 0.05) is 29.7 Å². The fourth-order valence-electron chi connectivity index (χ4n) is 1.53. The Hall–Kier alpha value is -1.22. The lowest BCUT2D eigenvalue weighted by molar-refractivity contribution is -0.121. The molecule has 0 atom stereocenters. The van der Waals surface area contributed by atoms with Gasteiger partial charge in [-0.15, -0.1) is 0 Å². The number of aryl methyl sites for hydroxylation is 1. The van der Waals surface area contributed by atoms with E-state index in [0.29, 0.717) is 13.0 Å². The monoisotopic (exact) mass is 254 g/mol. The van der Waals surface area contributed by atoms with Crippen molar-refractivity contribution in [3.05, 3.63) is 28.8 Å². The molecule has 0 heterocycles. The summed E-state index contributed by atoms with van der Waals surface area (Å²) < 4.78 is 0. The molecule has 0 unspecified atom stereocenters. The Kier molecular flexibility index (Phi) is 5.29. The van der Waals surface area contributed by atoms with E-state index in [2.05, 4.69) is 10.6 Å². The molecule has 0 saturated carbocycles. The summed E-state index contributed by atoms with van der Waals surface area (Å²) >= 11 is 5.87. The Morgan fingerprint density at radius 2 is 2.12 bits per heavy atom. The minimum atomic E-state index is 0.0686. The number of carbonyl (C=O) groups excluding carboxylic acids is 1. The molecule has 2 N–H and O–H groups in total. The van der Waals surface area contributed by atoms with Crippen LogP contribution in [0.15, 0.2) is 18.2 Å². The Labute approximate surface area is 108 Å². The summed E-state index contributed by atoms with van der Waals surface area (Å²) in [7, 11) is 0. The van der Waals surface area contributed by atoms with Gasteiger partial charge in [0.15, 0.2) is 0 Å². The first-order chi connectivity index (χ1) is 7.99. The molecule has 0 saturated heterocycles. The van der Waals surface area contributed by atoms with Crippen LogP contribution in [0.3, 0.4) is 0 Å². The second kappa shape index (κ2) is 6.50. The second-order valence-electron chi connectivity index (χ2n) is 4.36. The SMILES string of the molecule is Cc1cc(Cl)ccc1NCCC(=O)NC(C)C. The van der Waals surface area contributed by atoms with Crippen LogP contribution in [0.1, 0.15) is 25.8 Å². The van der Waals surface area contributed by atoms with Crippen LogP contribution in [-0.2, 0) is 4.79 Å². The van der Waals surface area contributed by atoms with Crippen molar-refractivity contribution in [1.29, 1.82) is 0 Å². The number of hydrogen-bond acceptors (Lipinski definition) is 2. The lowest BCUT2D eigenvalue weighted by atomic mass is 10.2. The fourth-order valence-corrected chi connectivity index (χ4v) is 1.76. The molecule has 94 valence electrons. The maximum atomic E-state index is 11.4. The molecule has 4 heteroatoms. The number of carbonyl (C=O) groups is 1. The van der Waals surface area contributed by atoms with E-state index in [-0.39, 0.29) is 11.9 Å². The van der Waals surface area contributed by atoms with E-state index in [0.717, 1.165) is 16.3 Å². The molecule has 0 spiro atoms. The zero-order chi connectivity index (χ0) is 12.8. The van der Waals surface area contributed by atoms with E-state index in [4.69, 9.17) is 11.6 Å². The summed E-state index contributed by atoms with van der Waals surface area (Å²) in [6.07, 6.45) is 0.472. The summed E-state index contributed by atoms with van der Waals surface area (Å²) in [5.41, 5.74) is 2.11. The minimum Gasteiger partial charge on any atom is -0.384 e. The fraction of sp³-hybridized carbons (Fsp3) is 0.462. The maximum Gasteiger partial charge on any atom is 0.221 e. The van der Waals surface area contributed by atoms with Gasteiger partial charge >= 0.3 is 0 Å². The molecule has 1 rings (SSSR count). The third kappa shape index (κ3) is 5.09. The number of hydrogen-bond donors (Lipinski definition) is 2. The number of amides is 1. The summed E-state index contributed by atoms with van der Waals surface area (Å²) in [4.78, 5) is 11.4. The van der Waals surface area contributed by atoms with E-state index < -0.39 is 0 Å². The standard InChI is InChI=1S/C13H19ClN2O/c1-9(2)16-13(17)6-7-15-12-5-4-11(14)8-10(12)3/h4-5,8-9,15H,6-7H2,1-3H3,(H,16,17). The third-order valence-electron chi connectivity index (χ3n) is 2.31. The summed E-state index contributed by atoms with van der Waals surface area (Å²) in [5, 5.41) is 6.80. The number of nitrogens with one attached hydrogen (secondary N) is 2. The average Bonchev–Trinajstić information content (AvgIpc) is 2.20. The normalized spacial score (nSPS) is 10.4. The van der Waals surface area contributed by atoms with Crippen molar-refractivity contribution in [2.45, 2.75) is 33.2 Å². The highest BCUT2D eigenvalue weighted by Crippen LogP contribution is 2.19. The van der Waals surface area contributed by atoms with Crippen molar-refractivity contribution >= 4 is 23.2 Å². The molecule has 0 aliphatic rings. The van der Waals surface area contributed by atoms with Crippen LogP contribution in [0, 0.1) is 6.92 Å². The Bertz CT molecular complexity index is 391. The van der Waals surface area contributed by atoms with Crippen LogP contribution >= 0.6 is 11.6 Å². The van der Waals surface area contributed by atoms with Gasteiger partial charge in [-0.25, -0.2) is 0 Å². The predicted octanol–water partition coefficient (Wildman–Crippen LogP) is 2.98. The van der Waals surface area contributed by atoms with Crippen LogP contribution < -0.4 is 10.6 Å². The third-order valence-corrected chi connectivity index (χ3v) is 2.54. The first kappa shape index (κ1) is 13.8. The second-order valence-corrected chi connectivity index (χ2v) is 4.79. The van der Waals surface area contributed by atoms with E-state index in [1.54, 1.807) is 0 Å². The van der Waals surface area contributed by atoms with Crippen LogP contribution in [-0.4, -0.2) is 18.5 Å². The van der Waals surface area contributed by atoms with Crippen molar-refractivity contribution in [2.75, 3.05) is 11.9 Å². The van der Waals surface area contributed by atoms with Crippen molar-refractivity contribution in [3.8, 4) is 0 Å². The Balaban J connectivity index is 2.38. The van der Waals surface area contributed by atoms with Gasteiger partial charge in [0.1, 0.15) is 0 Å². The highest BCUT2D eigenvalue weighted by atomic mass is 35.5. The lowest BCUT2D eigenvalue weighted by Crippen LogP contribution is -2.31. The van der Waals surface area contributed by atoms with Crippen LogP contribution in [0.2, 0.25) is 5.02 Å². The van der Waals surface area contributed by atoms with Crippen LogP contribution in [0.5, 0.6) is 0 Å². The molecule has 0 bridgehead atoms. The topological polar surface area (TPSA) is 41.1 Å². The van der Waals surface area contributed by atoms with E-state index in [9.17, 15) is 4.79 Å². The quantitative estimate of drug-likeness (QED) is 0.848. The summed E-state index contributed by atoms with van der Waals surface area (Å²) in [6, 6.07) is 5.86. The van der Waals surface area contributed by atoms with Crippen molar-refractivity contribution < 1.29 is 4.79 Å². The molecule has 1 amide bonds. The molecular formula is C13H19ClN2O. The minimum absolute atomic E-state index is 0.0686. The number of anilines is 1. The molecule has 0 aliphatic carbocycles. The summed E-state index contributed by atoms with van der Waals surface area (Å²) in [6.45, 7) is 6.52. The Morgan fingerprint density at radius 1 is 1.41 bits per heavy atom. The van der Waals surface area contributed by atoms with Gasteiger partial charge < -0.3 is 10.6 Å². The van der Waals surface area contributed by atoms with Gasteiger partial charge in [-0.3, -0.25) is 4.79 Å². The van der Waals surface area contributed by atoms with Gasteiger partial charge in [0.2, 0.25) is 5.91 Å². The number of halogens is 1. The molecule has 0 fully saturated rings. The molecule has 0 aliphatic heterocycles. The van der Waals surface area contributed by atoms with E-state index in [1.165, 1.54) is 0 Å². The number of benzene rings is 1. The van der Waals surface area contributed by atoms with Gasteiger partial charge in [0.05, 0.1) is 0 Å². The van der Waals surface area contributed by atoms with Gasteiger partial charge in [-0.1, -0.05) is 11.6 Å². The zero-order valence-electron chi connectivity index (χ0n) is 10.5. The van der Waals surface area contributed by atoms with Gasteiger partial charge in [-0.05, 0) is 44.5 Å². The molecule has 3 nitrogen and oxygen atoms in total. The molecule has 1 aromatic carbocycles. The van der Waals surface area contributed by atoms with E-state index >= 15 is 0 Å². The van der Waals surface area contributed by atoms with Gasteiger partial charge in [0.25, 0.3) is 0 Å². The molecule has 1 aromatic rings. The van der Waals surface area contributed by atoms with Crippen molar-refractivity contribution in [3.63, 3.8) is 0 Å². The largest absolute Gasteiger partial charge is 0.384 e. The highest BCUT2D eigenvalue weighted by molar-refractivity contribution is 6.30. The predicted molar refractivity (Wildman–Crippen MR) is 72.6 cm³/mol. The highest BCUT2D eigenvalue weighted by Gasteiger charge is 2.03. The van der Waals surface area contributed by atoms with Crippen LogP contribution in [0.4, 0.5) is 5.69 Å². The van der Waals surface area contributed by atoms with Crippen molar-refractivity contribution in [2.24, 2.45) is 0 Å². The molecular weight excluding hydrogens is 236 g/mol. The van der Waals surface area contributed by atoms with Gasteiger partial charge in [-0.2, -0.15) is 0 Å². The van der Waals surface area contributed by atoms with Crippen molar-refractivity contribution in [1.82, 2.24) is 5.32 Å². The lowest BCUT2D eigenvalue weighted by Gasteiger charge is -2.11. The number of rotatable bonds is 5. The van der Waals surface area contributed by atoms with E-state index in [1.807, 2.05) is 39.0 Å². The summed E-state index contributed by atoms with van der Waals surface area (Å²) in [5.74, 6) is 0.0686. The maximum absolute atomic E-state index is 11.4. The average molecular weight is 255 g/mol. The smallest absolute Gasteiger partial charge is 0.221 e. The molecule has 0 radical (unpaired) electrons. The zero-order valence-corrected chi connectivity index (χ0v) is 11.3. The van der Waals surface area contributed by atoms with Crippen LogP contribution in [0.25, 0.3) is 0 Å². The first-order valence-corrected chi connectivity index (χ1v) is 6.16. The Morgan fingerprint density at radius 3 is 2.71 bits per heavy atom. The first-order valence-electron chi connectivity index (χ1n) is 5.78.